The fraction of sp³-hybridized carbons (Fsp3) is 0.450. The summed E-state index contributed by atoms with van der Waals surface area (Å²) in [5.41, 5.74) is 3.29. The van der Waals surface area contributed by atoms with E-state index in [0.717, 1.165) is 37.1 Å². The average molecular weight is 375 g/mol. The van der Waals surface area contributed by atoms with Crippen molar-refractivity contribution in [2.75, 3.05) is 11.9 Å². The van der Waals surface area contributed by atoms with Crippen molar-refractivity contribution >= 4 is 34.8 Å². The molecule has 0 bridgehead atoms. The van der Waals surface area contributed by atoms with Crippen molar-refractivity contribution in [3.63, 3.8) is 0 Å². The number of benzene rings is 1. The van der Waals surface area contributed by atoms with Crippen molar-refractivity contribution < 1.29 is 4.79 Å². The summed E-state index contributed by atoms with van der Waals surface area (Å²) in [6.07, 6.45) is 3.27. The van der Waals surface area contributed by atoms with Crippen molar-refractivity contribution in [1.29, 1.82) is 0 Å². The number of nitrogens with one attached hydrogen (secondary N) is 1. The number of nitrogens with zero attached hydrogens (tertiary/aromatic N) is 1. The van der Waals surface area contributed by atoms with Crippen LogP contribution >= 0.6 is 23.1 Å². The lowest BCUT2D eigenvalue weighted by Gasteiger charge is -2.25. The fourth-order valence-electron chi connectivity index (χ4n) is 3.17. The summed E-state index contributed by atoms with van der Waals surface area (Å²) < 4.78 is 0. The van der Waals surface area contributed by atoms with E-state index in [2.05, 4.69) is 55.0 Å². The highest BCUT2D eigenvalue weighted by molar-refractivity contribution is 7.99. The van der Waals surface area contributed by atoms with Gasteiger partial charge in [0, 0.05) is 22.4 Å². The summed E-state index contributed by atoms with van der Waals surface area (Å²) in [5, 5.41) is 7.97. The third-order valence-electron chi connectivity index (χ3n) is 4.79. The molecular weight excluding hydrogens is 348 g/mol. The van der Waals surface area contributed by atoms with E-state index in [9.17, 15) is 4.79 Å². The van der Waals surface area contributed by atoms with Crippen LogP contribution in [-0.2, 0) is 0 Å². The van der Waals surface area contributed by atoms with E-state index in [4.69, 9.17) is 0 Å². The summed E-state index contributed by atoms with van der Waals surface area (Å²) in [5.74, 6) is 0. The quantitative estimate of drug-likeness (QED) is 0.621. The highest BCUT2D eigenvalue weighted by Gasteiger charge is 2.30. The first-order valence-corrected chi connectivity index (χ1v) is 10.8. The maximum Gasteiger partial charge on any atom is 0.322 e. The number of rotatable bonds is 5. The predicted molar refractivity (Wildman–Crippen MR) is 109 cm³/mol. The van der Waals surface area contributed by atoms with Gasteiger partial charge in [0.25, 0.3) is 0 Å². The molecule has 1 aromatic heterocycles. The lowest BCUT2D eigenvalue weighted by Crippen LogP contribution is -2.34. The van der Waals surface area contributed by atoms with Gasteiger partial charge in [-0.05, 0) is 72.3 Å². The van der Waals surface area contributed by atoms with Crippen LogP contribution in [0.2, 0.25) is 0 Å². The molecule has 1 aliphatic rings. The Balaban J connectivity index is 1.68. The Hall–Kier alpha value is -1.46. The first kappa shape index (κ1) is 18.3. The van der Waals surface area contributed by atoms with E-state index in [-0.39, 0.29) is 12.1 Å². The maximum absolute atomic E-state index is 12.8. The summed E-state index contributed by atoms with van der Waals surface area (Å²) in [7, 11) is 0. The second-order valence-corrected chi connectivity index (χ2v) is 8.94. The molecule has 2 amide bonds. The molecule has 2 heterocycles. The molecule has 2 atom stereocenters. The molecule has 3 nitrogen and oxygen atoms in total. The summed E-state index contributed by atoms with van der Waals surface area (Å²) in [6, 6.07) is 8.68. The van der Waals surface area contributed by atoms with E-state index in [1.165, 1.54) is 10.5 Å². The van der Waals surface area contributed by atoms with Gasteiger partial charge in [0.15, 0.2) is 0 Å². The van der Waals surface area contributed by atoms with Crippen molar-refractivity contribution in [3.05, 3.63) is 46.2 Å². The first-order chi connectivity index (χ1) is 12.1. The summed E-state index contributed by atoms with van der Waals surface area (Å²) in [6.45, 7) is 7.34. The fourth-order valence-corrected chi connectivity index (χ4v) is 4.90. The standard InChI is InChI=1S/C20H26N2OS2/c1-4-15(3)25-17-7-8-18(14(2)12-17)21-20(23)22-10-5-6-19(22)16-9-11-24-13-16/h7-9,11-13,15,19H,4-6,10H2,1-3H3,(H,21,23). The molecule has 134 valence electrons. The molecule has 5 heteroatoms. The third kappa shape index (κ3) is 4.39. The number of thioether (sulfide) groups is 1. The predicted octanol–water partition coefficient (Wildman–Crippen LogP) is 6.32. The molecule has 1 aromatic carbocycles. The Morgan fingerprint density at radius 3 is 2.96 bits per heavy atom. The van der Waals surface area contributed by atoms with Crippen LogP contribution in [0, 0.1) is 6.92 Å². The molecule has 0 aliphatic carbocycles. The lowest BCUT2D eigenvalue weighted by atomic mass is 10.1. The molecule has 2 unspecified atom stereocenters. The van der Waals surface area contributed by atoms with Gasteiger partial charge in [-0.3, -0.25) is 0 Å². The van der Waals surface area contributed by atoms with Gasteiger partial charge in [-0.1, -0.05) is 13.8 Å². The van der Waals surface area contributed by atoms with Gasteiger partial charge in [-0.15, -0.1) is 11.8 Å². The van der Waals surface area contributed by atoms with E-state index >= 15 is 0 Å². The van der Waals surface area contributed by atoms with E-state index in [1.54, 1.807) is 11.3 Å². The van der Waals surface area contributed by atoms with Crippen LogP contribution in [0.15, 0.2) is 39.9 Å². The van der Waals surface area contributed by atoms with Crippen LogP contribution in [0.1, 0.15) is 50.3 Å². The molecule has 25 heavy (non-hydrogen) atoms. The summed E-state index contributed by atoms with van der Waals surface area (Å²) in [4.78, 5) is 16.0. The van der Waals surface area contributed by atoms with E-state index < -0.39 is 0 Å². The van der Waals surface area contributed by atoms with Crippen LogP contribution in [0.3, 0.4) is 0 Å². The Kier molecular flexibility index (Phi) is 6.07. The number of urea groups is 1. The second-order valence-electron chi connectivity index (χ2n) is 6.65. The molecule has 0 spiro atoms. The number of carbonyl (C=O) groups excluding carboxylic acids is 1. The largest absolute Gasteiger partial charge is 0.322 e. The van der Waals surface area contributed by atoms with Crippen molar-refractivity contribution in [1.82, 2.24) is 4.90 Å². The number of amides is 2. The molecule has 1 N–H and O–H groups in total. The minimum atomic E-state index is 0.0131. The van der Waals surface area contributed by atoms with Gasteiger partial charge in [0.1, 0.15) is 0 Å². The summed E-state index contributed by atoms with van der Waals surface area (Å²) >= 11 is 3.58. The number of aryl methyl sites for hydroxylation is 1. The lowest BCUT2D eigenvalue weighted by molar-refractivity contribution is 0.207. The Labute approximate surface area is 158 Å². The number of thiophene rings is 1. The van der Waals surface area contributed by atoms with Crippen LogP contribution in [-0.4, -0.2) is 22.7 Å². The van der Waals surface area contributed by atoms with Gasteiger partial charge in [-0.2, -0.15) is 11.3 Å². The van der Waals surface area contributed by atoms with Crippen molar-refractivity contribution in [3.8, 4) is 0 Å². The molecule has 0 saturated carbocycles. The molecule has 2 aromatic rings. The van der Waals surface area contributed by atoms with Crippen molar-refractivity contribution in [2.24, 2.45) is 0 Å². The Morgan fingerprint density at radius 2 is 2.28 bits per heavy atom. The smallest absolute Gasteiger partial charge is 0.317 e. The molecule has 0 radical (unpaired) electrons. The first-order valence-electron chi connectivity index (χ1n) is 8.95. The highest BCUT2D eigenvalue weighted by Crippen LogP contribution is 2.34. The van der Waals surface area contributed by atoms with E-state index in [1.807, 2.05) is 22.7 Å². The third-order valence-corrected chi connectivity index (χ3v) is 6.76. The SMILES string of the molecule is CCC(C)Sc1ccc(NC(=O)N2CCCC2c2ccsc2)c(C)c1. The number of carbonyl (C=O) groups is 1. The zero-order chi connectivity index (χ0) is 17.8. The highest BCUT2D eigenvalue weighted by atomic mass is 32.2. The molecule has 1 fully saturated rings. The molecule has 3 rings (SSSR count). The minimum Gasteiger partial charge on any atom is -0.317 e. The number of anilines is 1. The van der Waals surface area contributed by atoms with E-state index in [0.29, 0.717) is 5.25 Å². The Bertz CT molecular complexity index is 714. The maximum atomic E-state index is 12.8. The van der Waals surface area contributed by atoms with Crippen LogP contribution in [0.4, 0.5) is 10.5 Å². The topological polar surface area (TPSA) is 32.3 Å². The zero-order valence-electron chi connectivity index (χ0n) is 15.1. The van der Waals surface area contributed by atoms with Gasteiger partial charge in [0.2, 0.25) is 0 Å². The van der Waals surface area contributed by atoms with Crippen LogP contribution in [0.5, 0.6) is 0 Å². The van der Waals surface area contributed by atoms with Gasteiger partial charge >= 0.3 is 6.03 Å². The molecular formula is C20H26N2OS2. The number of likely N-dealkylation sites (tertiary alicyclic amines) is 1. The van der Waals surface area contributed by atoms with Crippen LogP contribution in [0.25, 0.3) is 0 Å². The Morgan fingerprint density at radius 1 is 1.44 bits per heavy atom. The monoisotopic (exact) mass is 374 g/mol. The molecule has 1 aliphatic heterocycles. The second kappa shape index (κ2) is 8.28. The minimum absolute atomic E-state index is 0.0131. The van der Waals surface area contributed by atoms with Crippen molar-refractivity contribution in [2.45, 2.75) is 56.2 Å². The zero-order valence-corrected chi connectivity index (χ0v) is 16.8. The van der Waals surface area contributed by atoms with Gasteiger partial charge in [0.05, 0.1) is 6.04 Å². The van der Waals surface area contributed by atoms with Gasteiger partial charge in [-0.25, -0.2) is 4.79 Å². The number of hydrogen-bond acceptors (Lipinski definition) is 3. The normalized spacial score (nSPS) is 18.4. The van der Waals surface area contributed by atoms with Gasteiger partial charge < -0.3 is 10.2 Å². The average Bonchev–Trinajstić information content (AvgIpc) is 3.27. The number of hydrogen-bond donors (Lipinski definition) is 1. The molecule has 1 saturated heterocycles. The van der Waals surface area contributed by atoms with Crippen LogP contribution < -0.4 is 5.32 Å².